The quantitative estimate of drug-likeness (QED) is 0.584. The van der Waals surface area contributed by atoms with Crippen molar-refractivity contribution in [2.24, 2.45) is 5.73 Å². The van der Waals surface area contributed by atoms with Crippen molar-refractivity contribution in [3.05, 3.63) is 102 Å². The molecular formula is C24H27NO2. The second-order valence-corrected chi connectivity index (χ2v) is 7.26. The lowest BCUT2D eigenvalue weighted by Gasteiger charge is -2.32. The molecule has 27 heavy (non-hydrogen) atoms. The molecule has 0 amide bonds. The number of rotatable bonds is 8. The fourth-order valence-corrected chi connectivity index (χ4v) is 3.54. The Morgan fingerprint density at radius 1 is 0.889 bits per heavy atom. The van der Waals surface area contributed by atoms with Gasteiger partial charge in [0, 0.05) is 5.41 Å². The summed E-state index contributed by atoms with van der Waals surface area (Å²) in [6, 6.07) is 28.5. The number of aliphatic hydroxyl groups is 1. The van der Waals surface area contributed by atoms with Crippen LogP contribution in [0, 0.1) is 0 Å². The van der Waals surface area contributed by atoms with E-state index in [2.05, 4.69) is 37.3 Å². The normalized spacial score (nSPS) is 14.3. The van der Waals surface area contributed by atoms with Gasteiger partial charge in [0.15, 0.2) is 0 Å². The van der Waals surface area contributed by atoms with Crippen LogP contribution in [0.2, 0.25) is 0 Å². The van der Waals surface area contributed by atoms with Crippen LogP contribution in [-0.2, 0) is 18.4 Å². The van der Waals surface area contributed by atoms with E-state index in [1.807, 2.05) is 54.6 Å². The fraction of sp³-hybridized carbons (Fsp3) is 0.250. The minimum absolute atomic E-state index is 0.290. The van der Waals surface area contributed by atoms with E-state index in [4.69, 9.17) is 10.5 Å². The maximum absolute atomic E-state index is 9.90. The fourth-order valence-electron chi connectivity index (χ4n) is 3.54. The Hall–Kier alpha value is -2.62. The average Bonchev–Trinajstić information content (AvgIpc) is 2.68. The van der Waals surface area contributed by atoms with Gasteiger partial charge in [0.05, 0.1) is 0 Å². The molecule has 0 aliphatic rings. The number of hydrogen-bond donors (Lipinski definition) is 2. The highest BCUT2D eigenvalue weighted by molar-refractivity contribution is 5.37. The molecule has 3 rings (SSSR count). The van der Waals surface area contributed by atoms with E-state index in [0.29, 0.717) is 13.0 Å². The molecule has 1 unspecified atom stereocenters. The van der Waals surface area contributed by atoms with E-state index < -0.39 is 6.23 Å². The molecule has 0 saturated carbocycles. The molecule has 0 aliphatic heterocycles. The van der Waals surface area contributed by atoms with Crippen molar-refractivity contribution in [3.8, 4) is 5.75 Å². The van der Waals surface area contributed by atoms with Crippen LogP contribution < -0.4 is 10.5 Å². The van der Waals surface area contributed by atoms with Gasteiger partial charge in [-0.3, -0.25) is 0 Å². The predicted molar refractivity (Wildman–Crippen MR) is 110 cm³/mol. The molecule has 3 N–H and O–H groups in total. The summed E-state index contributed by atoms with van der Waals surface area (Å²) in [4.78, 5) is 0. The van der Waals surface area contributed by atoms with Gasteiger partial charge in [-0.1, -0.05) is 85.8 Å². The van der Waals surface area contributed by atoms with Gasteiger partial charge in [-0.25, -0.2) is 0 Å². The van der Waals surface area contributed by atoms with Gasteiger partial charge in [-0.05, 0) is 35.6 Å². The standard InChI is InChI=1S/C24H27NO2/c1-24(17-23(25)26,21-13-6-3-7-14-21)16-20-12-8-9-15-22(20)27-18-19-10-4-2-5-11-19/h2-15,23,26H,16-18,25H2,1H3/t23-,24?/m1/s1. The first kappa shape index (κ1) is 19.2. The highest BCUT2D eigenvalue weighted by atomic mass is 16.5. The van der Waals surface area contributed by atoms with E-state index in [9.17, 15) is 5.11 Å². The molecule has 0 radical (unpaired) electrons. The molecule has 3 nitrogen and oxygen atoms in total. The van der Waals surface area contributed by atoms with Gasteiger partial charge in [-0.2, -0.15) is 0 Å². The van der Waals surface area contributed by atoms with Crippen molar-refractivity contribution < 1.29 is 9.84 Å². The van der Waals surface area contributed by atoms with Gasteiger partial charge in [0.1, 0.15) is 18.6 Å². The van der Waals surface area contributed by atoms with E-state index in [-0.39, 0.29) is 5.41 Å². The number of ether oxygens (including phenoxy) is 1. The largest absolute Gasteiger partial charge is 0.489 e. The van der Waals surface area contributed by atoms with Crippen molar-refractivity contribution in [3.63, 3.8) is 0 Å². The van der Waals surface area contributed by atoms with Crippen molar-refractivity contribution in [2.75, 3.05) is 0 Å². The van der Waals surface area contributed by atoms with Crippen molar-refractivity contribution in [1.29, 1.82) is 0 Å². The van der Waals surface area contributed by atoms with Gasteiger partial charge in [0.25, 0.3) is 0 Å². The molecule has 140 valence electrons. The molecule has 0 fully saturated rings. The van der Waals surface area contributed by atoms with E-state index in [1.165, 1.54) is 0 Å². The maximum atomic E-state index is 9.90. The zero-order valence-corrected chi connectivity index (χ0v) is 15.7. The lowest BCUT2D eigenvalue weighted by Crippen LogP contribution is -2.34. The molecule has 0 spiro atoms. The summed E-state index contributed by atoms with van der Waals surface area (Å²) < 4.78 is 6.12. The lowest BCUT2D eigenvalue weighted by atomic mass is 9.74. The van der Waals surface area contributed by atoms with E-state index in [1.54, 1.807) is 0 Å². The summed E-state index contributed by atoms with van der Waals surface area (Å²) in [5, 5.41) is 9.90. The molecule has 2 atom stereocenters. The molecule has 0 saturated heterocycles. The SMILES string of the molecule is CC(Cc1ccccc1OCc1ccccc1)(C[C@H](N)O)c1ccccc1. The summed E-state index contributed by atoms with van der Waals surface area (Å²) >= 11 is 0. The van der Waals surface area contributed by atoms with E-state index >= 15 is 0 Å². The second-order valence-electron chi connectivity index (χ2n) is 7.26. The first-order valence-electron chi connectivity index (χ1n) is 9.31. The van der Waals surface area contributed by atoms with Crippen molar-refractivity contribution in [1.82, 2.24) is 0 Å². The lowest BCUT2D eigenvalue weighted by molar-refractivity contribution is 0.140. The molecule has 0 bridgehead atoms. The molecular weight excluding hydrogens is 334 g/mol. The zero-order chi connectivity index (χ0) is 19.1. The second kappa shape index (κ2) is 8.85. The third kappa shape index (κ3) is 5.19. The van der Waals surface area contributed by atoms with Crippen LogP contribution in [0.5, 0.6) is 5.75 Å². The maximum Gasteiger partial charge on any atom is 0.123 e. The topological polar surface area (TPSA) is 55.5 Å². The monoisotopic (exact) mass is 361 g/mol. The first-order chi connectivity index (χ1) is 13.1. The molecule has 0 aliphatic carbocycles. The Bertz CT molecular complexity index is 833. The van der Waals surface area contributed by atoms with Crippen LogP contribution >= 0.6 is 0 Å². The van der Waals surface area contributed by atoms with Crippen LogP contribution in [0.1, 0.15) is 30.0 Å². The Labute approximate surface area is 161 Å². The Kier molecular flexibility index (Phi) is 6.28. The number of aliphatic hydroxyl groups excluding tert-OH is 1. The van der Waals surface area contributed by atoms with Crippen LogP contribution in [0.4, 0.5) is 0 Å². The highest BCUT2D eigenvalue weighted by Gasteiger charge is 2.30. The minimum atomic E-state index is -0.868. The Morgan fingerprint density at radius 2 is 1.48 bits per heavy atom. The summed E-state index contributed by atoms with van der Waals surface area (Å²) in [7, 11) is 0. The van der Waals surface area contributed by atoms with Crippen LogP contribution in [-0.4, -0.2) is 11.3 Å². The van der Waals surface area contributed by atoms with Crippen molar-refractivity contribution in [2.45, 2.75) is 38.0 Å². The Balaban J connectivity index is 1.84. The number of benzene rings is 3. The summed E-state index contributed by atoms with van der Waals surface area (Å²) in [5.74, 6) is 0.870. The number of para-hydroxylation sites is 1. The average molecular weight is 361 g/mol. The summed E-state index contributed by atoms with van der Waals surface area (Å²) in [5.41, 5.74) is 8.88. The van der Waals surface area contributed by atoms with Gasteiger partial charge >= 0.3 is 0 Å². The molecule has 3 aromatic rings. The Morgan fingerprint density at radius 3 is 2.15 bits per heavy atom. The minimum Gasteiger partial charge on any atom is -0.489 e. The van der Waals surface area contributed by atoms with Crippen LogP contribution in [0.3, 0.4) is 0 Å². The highest BCUT2D eigenvalue weighted by Crippen LogP contribution is 2.35. The number of nitrogens with two attached hydrogens (primary N) is 1. The van der Waals surface area contributed by atoms with Crippen molar-refractivity contribution >= 4 is 0 Å². The molecule has 0 aromatic heterocycles. The van der Waals surface area contributed by atoms with Gasteiger partial charge < -0.3 is 15.6 Å². The third-order valence-electron chi connectivity index (χ3n) is 4.92. The molecule has 3 heteroatoms. The predicted octanol–water partition coefficient (Wildman–Crippen LogP) is 4.43. The molecule has 0 heterocycles. The smallest absolute Gasteiger partial charge is 0.123 e. The first-order valence-corrected chi connectivity index (χ1v) is 9.31. The molecule has 3 aromatic carbocycles. The van der Waals surface area contributed by atoms with E-state index in [0.717, 1.165) is 28.9 Å². The summed E-state index contributed by atoms with van der Waals surface area (Å²) in [6.45, 7) is 2.67. The summed E-state index contributed by atoms with van der Waals surface area (Å²) in [6.07, 6.45) is 0.341. The third-order valence-corrected chi connectivity index (χ3v) is 4.92. The zero-order valence-electron chi connectivity index (χ0n) is 15.7. The van der Waals surface area contributed by atoms with Crippen LogP contribution in [0.15, 0.2) is 84.9 Å². The van der Waals surface area contributed by atoms with Gasteiger partial charge in [-0.15, -0.1) is 0 Å². The number of hydrogen-bond acceptors (Lipinski definition) is 3. The van der Waals surface area contributed by atoms with Gasteiger partial charge in [0.2, 0.25) is 0 Å². The van der Waals surface area contributed by atoms with Crippen LogP contribution in [0.25, 0.3) is 0 Å².